The molecular formula is C21H26N2O4. The Hall–Kier alpha value is -3.02. The molecular weight excluding hydrogens is 344 g/mol. The topological polar surface area (TPSA) is 69.2 Å². The van der Waals surface area contributed by atoms with Crippen LogP contribution in [0.5, 0.6) is 11.5 Å². The monoisotopic (exact) mass is 370 g/mol. The summed E-state index contributed by atoms with van der Waals surface area (Å²) in [6.45, 7) is 6.26. The van der Waals surface area contributed by atoms with Gasteiger partial charge in [0.05, 0.1) is 20.4 Å². The molecule has 2 aromatic rings. The van der Waals surface area contributed by atoms with Crippen molar-refractivity contribution < 1.29 is 19.1 Å². The number of carbonyl (C=O) groups excluding carboxylic acids is 1. The maximum absolute atomic E-state index is 11.9. The second-order valence-electron chi connectivity index (χ2n) is 7.00. The number of anilines is 1. The van der Waals surface area contributed by atoms with E-state index in [-0.39, 0.29) is 17.9 Å². The summed E-state index contributed by atoms with van der Waals surface area (Å²) in [7, 11) is 3.14. The number of nitrogens with zero attached hydrogens (tertiary/aromatic N) is 1. The number of methoxy groups -OCH3 is 2. The summed E-state index contributed by atoms with van der Waals surface area (Å²) in [6, 6.07) is 13.1. The van der Waals surface area contributed by atoms with Crippen LogP contribution in [-0.4, -0.2) is 32.9 Å². The summed E-state index contributed by atoms with van der Waals surface area (Å²) in [6.07, 6.45) is 1.51. The van der Waals surface area contributed by atoms with Crippen LogP contribution in [0.3, 0.4) is 0 Å². The number of benzene rings is 2. The normalized spacial score (nSPS) is 11.3. The lowest BCUT2D eigenvalue weighted by Crippen LogP contribution is -2.17. The van der Waals surface area contributed by atoms with E-state index in [1.165, 1.54) is 11.8 Å². The van der Waals surface area contributed by atoms with Crippen molar-refractivity contribution in [1.29, 1.82) is 0 Å². The van der Waals surface area contributed by atoms with Gasteiger partial charge in [0.2, 0.25) is 0 Å². The zero-order valence-electron chi connectivity index (χ0n) is 16.4. The lowest BCUT2D eigenvalue weighted by Gasteiger charge is -2.19. The van der Waals surface area contributed by atoms with Crippen LogP contribution in [0, 0.1) is 0 Å². The first kappa shape index (κ1) is 20.3. The molecule has 0 aromatic heterocycles. The van der Waals surface area contributed by atoms with Gasteiger partial charge in [-0.15, -0.1) is 0 Å². The largest absolute Gasteiger partial charge is 0.493 e. The number of carbonyl (C=O) groups is 1. The van der Waals surface area contributed by atoms with E-state index in [2.05, 4.69) is 31.2 Å². The highest BCUT2D eigenvalue weighted by Crippen LogP contribution is 2.27. The van der Waals surface area contributed by atoms with Crippen LogP contribution in [0.2, 0.25) is 0 Å². The van der Waals surface area contributed by atoms with Crippen LogP contribution in [0.25, 0.3) is 0 Å². The van der Waals surface area contributed by atoms with Crippen molar-refractivity contribution in [3.63, 3.8) is 0 Å². The Morgan fingerprint density at radius 2 is 1.70 bits per heavy atom. The highest BCUT2D eigenvalue weighted by atomic mass is 16.6. The minimum atomic E-state index is -0.275. The predicted octanol–water partition coefficient (Wildman–Crippen LogP) is 3.99. The van der Waals surface area contributed by atoms with Gasteiger partial charge in [0.15, 0.2) is 18.1 Å². The fourth-order valence-electron chi connectivity index (χ4n) is 2.38. The molecule has 1 N–H and O–H groups in total. The molecule has 0 aliphatic carbocycles. The van der Waals surface area contributed by atoms with Crippen molar-refractivity contribution in [1.82, 2.24) is 0 Å². The summed E-state index contributed by atoms with van der Waals surface area (Å²) in [4.78, 5) is 17.0. The quantitative estimate of drug-likeness (QED) is 0.591. The van der Waals surface area contributed by atoms with Crippen molar-refractivity contribution in [2.24, 2.45) is 5.16 Å². The Morgan fingerprint density at radius 3 is 2.30 bits per heavy atom. The van der Waals surface area contributed by atoms with Gasteiger partial charge in [0.1, 0.15) is 0 Å². The maximum atomic E-state index is 11.9. The molecule has 0 bridgehead atoms. The van der Waals surface area contributed by atoms with Crippen molar-refractivity contribution >= 4 is 17.8 Å². The predicted molar refractivity (Wildman–Crippen MR) is 107 cm³/mol. The Balaban J connectivity index is 1.84. The second kappa shape index (κ2) is 9.07. The maximum Gasteiger partial charge on any atom is 0.265 e. The van der Waals surface area contributed by atoms with Gasteiger partial charge < -0.3 is 19.6 Å². The summed E-state index contributed by atoms with van der Waals surface area (Å²) in [5.74, 6) is 0.952. The molecule has 1 amide bonds. The number of oxime groups is 1. The number of amides is 1. The van der Waals surface area contributed by atoms with Gasteiger partial charge in [-0.1, -0.05) is 38.1 Å². The van der Waals surface area contributed by atoms with E-state index < -0.39 is 0 Å². The molecule has 0 saturated carbocycles. The molecule has 0 spiro atoms. The van der Waals surface area contributed by atoms with Crippen molar-refractivity contribution in [2.75, 3.05) is 26.1 Å². The Kier molecular flexibility index (Phi) is 6.82. The van der Waals surface area contributed by atoms with Gasteiger partial charge >= 0.3 is 0 Å². The van der Waals surface area contributed by atoms with E-state index in [4.69, 9.17) is 14.3 Å². The van der Waals surface area contributed by atoms with Crippen LogP contribution in [0.15, 0.2) is 47.6 Å². The molecule has 0 aliphatic heterocycles. The van der Waals surface area contributed by atoms with Crippen molar-refractivity contribution in [3.05, 3.63) is 53.6 Å². The third-order valence-corrected chi connectivity index (χ3v) is 3.91. The first-order valence-corrected chi connectivity index (χ1v) is 8.61. The average Bonchev–Trinajstić information content (AvgIpc) is 2.64. The van der Waals surface area contributed by atoms with E-state index in [1.807, 2.05) is 30.3 Å². The van der Waals surface area contributed by atoms with E-state index in [9.17, 15) is 4.79 Å². The van der Waals surface area contributed by atoms with Gasteiger partial charge in [0.25, 0.3) is 5.91 Å². The Labute approximate surface area is 160 Å². The smallest absolute Gasteiger partial charge is 0.265 e. The first-order valence-electron chi connectivity index (χ1n) is 8.61. The molecule has 2 aromatic carbocycles. The van der Waals surface area contributed by atoms with E-state index >= 15 is 0 Å². The zero-order valence-corrected chi connectivity index (χ0v) is 16.4. The van der Waals surface area contributed by atoms with Crippen molar-refractivity contribution in [2.45, 2.75) is 26.2 Å². The van der Waals surface area contributed by atoms with Crippen LogP contribution < -0.4 is 14.8 Å². The number of ether oxygens (including phenoxy) is 2. The number of nitrogens with one attached hydrogen (secondary N) is 1. The average molecular weight is 370 g/mol. The zero-order chi connectivity index (χ0) is 19.9. The van der Waals surface area contributed by atoms with Crippen molar-refractivity contribution in [3.8, 4) is 11.5 Å². The highest BCUT2D eigenvalue weighted by Gasteiger charge is 2.13. The molecule has 6 heteroatoms. The SMILES string of the molecule is COc1ccc(/C=N\OCC(=O)Nc2ccc(C(C)(C)C)cc2)cc1OC. The molecule has 144 valence electrons. The lowest BCUT2D eigenvalue weighted by atomic mass is 9.87. The van der Waals surface area contributed by atoms with E-state index in [0.717, 1.165) is 11.3 Å². The van der Waals surface area contributed by atoms with E-state index in [0.29, 0.717) is 11.5 Å². The Morgan fingerprint density at radius 1 is 1.04 bits per heavy atom. The van der Waals surface area contributed by atoms with Crippen LogP contribution >= 0.6 is 0 Å². The van der Waals surface area contributed by atoms with Gasteiger partial charge in [-0.25, -0.2) is 0 Å². The fourth-order valence-corrected chi connectivity index (χ4v) is 2.38. The fraction of sp³-hybridized carbons (Fsp3) is 0.333. The van der Waals surface area contributed by atoms with Gasteiger partial charge in [-0.3, -0.25) is 4.79 Å². The van der Waals surface area contributed by atoms with Gasteiger partial charge in [0, 0.05) is 11.3 Å². The van der Waals surface area contributed by atoms with Crippen LogP contribution in [0.1, 0.15) is 31.9 Å². The summed E-state index contributed by atoms with van der Waals surface area (Å²) in [5, 5.41) is 6.60. The standard InChI is InChI=1S/C21H26N2O4/c1-21(2,3)16-7-9-17(10-8-16)23-20(24)14-27-22-13-15-6-11-18(25-4)19(12-15)26-5/h6-13H,14H2,1-5H3,(H,23,24)/b22-13-. The number of hydrogen-bond acceptors (Lipinski definition) is 5. The lowest BCUT2D eigenvalue weighted by molar-refractivity contribution is -0.120. The molecule has 2 rings (SSSR count). The van der Waals surface area contributed by atoms with Gasteiger partial charge in [-0.05, 0) is 41.3 Å². The minimum Gasteiger partial charge on any atom is -0.493 e. The van der Waals surface area contributed by atoms with E-state index in [1.54, 1.807) is 26.4 Å². The van der Waals surface area contributed by atoms with Gasteiger partial charge in [-0.2, -0.15) is 0 Å². The Bertz CT molecular complexity index is 793. The molecule has 0 fully saturated rings. The molecule has 0 radical (unpaired) electrons. The summed E-state index contributed by atoms with van der Waals surface area (Å²) < 4.78 is 10.4. The molecule has 0 unspecified atom stereocenters. The molecule has 0 atom stereocenters. The summed E-state index contributed by atoms with van der Waals surface area (Å²) >= 11 is 0. The third-order valence-electron chi connectivity index (χ3n) is 3.91. The molecule has 0 aliphatic rings. The van der Waals surface area contributed by atoms with Crippen LogP contribution in [-0.2, 0) is 15.0 Å². The first-order chi connectivity index (χ1) is 12.8. The number of rotatable bonds is 7. The van der Waals surface area contributed by atoms with Crippen LogP contribution in [0.4, 0.5) is 5.69 Å². The second-order valence-corrected chi connectivity index (χ2v) is 7.00. The third kappa shape index (κ3) is 6.02. The molecule has 27 heavy (non-hydrogen) atoms. The minimum absolute atomic E-state index is 0.0739. The molecule has 0 heterocycles. The molecule has 0 saturated heterocycles. The summed E-state index contributed by atoms with van der Waals surface area (Å²) in [5.41, 5.74) is 2.77. The molecule has 6 nitrogen and oxygen atoms in total. The highest BCUT2D eigenvalue weighted by molar-refractivity contribution is 5.91. The number of hydrogen-bond donors (Lipinski definition) is 1.